The summed E-state index contributed by atoms with van der Waals surface area (Å²) in [7, 11) is 1.41. The smallest absolute Gasteiger partial charge is 0.274 e. The molecule has 6 heteroatoms. The highest BCUT2D eigenvalue weighted by atomic mass is 35.5. The van der Waals surface area contributed by atoms with E-state index in [2.05, 4.69) is 0 Å². The number of rotatable bonds is 3. The number of hydrogen-bond acceptors (Lipinski definition) is 3. The van der Waals surface area contributed by atoms with Crippen molar-refractivity contribution in [2.75, 3.05) is 7.11 Å². The summed E-state index contributed by atoms with van der Waals surface area (Å²) >= 11 is 11.4. The molecule has 0 amide bonds. The second-order valence-corrected chi connectivity index (χ2v) is 3.17. The zero-order chi connectivity index (χ0) is 10.7. The van der Waals surface area contributed by atoms with Gasteiger partial charge < -0.3 is 4.74 Å². The van der Waals surface area contributed by atoms with Crippen LogP contribution in [0.2, 0.25) is 5.02 Å². The van der Waals surface area contributed by atoms with Crippen molar-refractivity contribution in [3.8, 4) is 5.75 Å². The molecule has 1 rings (SSSR count). The van der Waals surface area contributed by atoms with Crippen LogP contribution in [-0.4, -0.2) is 12.0 Å². The lowest BCUT2D eigenvalue weighted by molar-refractivity contribution is -0.384. The summed E-state index contributed by atoms with van der Waals surface area (Å²) in [5.74, 6) is 0.485. The van der Waals surface area contributed by atoms with E-state index in [1.807, 2.05) is 0 Å². The molecule has 14 heavy (non-hydrogen) atoms. The standard InChI is InChI=1S/C8H7Cl2NO3/c1-14-8-3-5(11(12)13)2-7(10)6(8)4-9/h2-3H,4H2,1H3. The molecule has 0 N–H and O–H groups in total. The monoisotopic (exact) mass is 235 g/mol. The lowest BCUT2D eigenvalue weighted by Crippen LogP contribution is -1.94. The van der Waals surface area contributed by atoms with E-state index >= 15 is 0 Å². The van der Waals surface area contributed by atoms with Crippen molar-refractivity contribution in [2.45, 2.75) is 5.88 Å². The van der Waals surface area contributed by atoms with Gasteiger partial charge in [-0.3, -0.25) is 10.1 Å². The highest BCUT2D eigenvalue weighted by molar-refractivity contribution is 6.32. The molecule has 0 saturated carbocycles. The van der Waals surface area contributed by atoms with Gasteiger partial charge in [0, 0.05) is 11.6 Å². The van der Waals surface area contributed by atoms with Crippen molar-refractivity contribution in [3.63, 3.8) is 0 Å². The molecule has 0 unspecified atom stereocenters. The van der Waals surface area contributed by atoms with E-state index in [9.17, 15) is 10.1 Å². The Kier molecular flexibility index (Phi) is 3.55. The highest BCUT2D eigenvalue weighted by Gasteiger charge is 2.15. The van der Waals surface area contributed by atoms with E-state index < -0.39 is 4.92 Å². The molecule has 0 saturated heterocycles. The fourth-order valence-electron chi connectivity index (χ4n) is 1.01. The number of nitro groups is 1. The normalized spacial score (nSPS) is 9.93. The summed E-state index contributed by atoms with van der Waals surface area (Å²) in [6, 6.07) is 2.55. The molecule has 0 bridgehead atoms. The molecule has 0 fully saturated rings. The van der Waals surface area contributed by atoms with Crippen molar-refractivity contribution in [3.05, 3.63) is 32.8 Å². The first kappa shape index (κ1) is 11.1. The van der Waals surface area contributed by atoms with Crippen molar-refractivity contribution in [2.24, 2.45) is 0 Å². The van der Waals surface area contributed by atoms with E-state index in [-0.39, 0.29) is 16.6 Å². The van der Waals surface area contributed by atoms with Gasteiger partial charge >= 0.3 is 0 Å². The Morgan fingerprint density at radius 1 is 1.57 bits per heavy atom. The summed E-state index contributed by atoms with van der Waals surface area (Å²) in [5, 5.41) is 10.7. The predicted molar refractivity (Wildman–Crippen MR) is 54.2 cm³/mol. The van der Waals surface area contributed by atoms with Gasteiger partial charge in [-0.25, -0.2) is 0 Å². The van der Waals surface area contributed by atoms with Crippen LogP contribution in [0.3, 0.4) is 0 Å². The quantitative estimate of drug-likeness (QED) is 0.460. The van der Waals surface area contributed by atoms with Gasteiger partial charge in [-0.05, 0) is 0 Å². The second-order valence-electron chi connectivity index (χ2n) is 2.50. The highest BCUT2D eigenvalue weighted by Crippen LogP contribution is 2.32. The molecule has 0 aliphatic heterocycles. The molecule has 0 heterocycles. The zero-order valence-corrected chi connectivity index (χ0v) is 8.80. The van der Waals surface area contributed by atoms with Crippen LogP contribution in [0, 0.1) is 10.1 Å². The summed E-state index contributed by atoms with van der Waals surface area (Å²) < 4.78 is 4.93. The van der Waals surface area contributed by atoms with Crippen LogP contribution in [0.25, 0.3) is 0 Å². The predicted octanol–water partition coefficient (Wildman–Crippen LogP) is 3.00. The van der Waals surface area contributed by atoms with Gasteiger partial charge in [-0.15, -0.1) is 11.6 Å². The number of alkyl halides is 1. The van der Waals surface area contributed by atoms with E-state index in [0.717, 1.165) is 0 Å². The SMILES string of the molecule is COc1cc([N+](=O)[O-])cc(Cl)c1CCl. The van der Waals surface area contributed by atoms with Gasteiger partial charge in [0.1, 0.15) is 5.75 Å². The van der Waals surface area contributed by atoms with Crippen LogP contribution in [-0.2, 0) is 5.88 Å². The maximum atomic E-state index is 10.5. The van der Waals surface area contributed by atoms with Gasteiger partial charge in [-0.2, -0.15) is 0 Å². The number of nitrogens with zero attached hydrogens (tertiary/aromatic N) is 1. The van der Waals surface area contributed by atoms with Crippen LogP contribution < -0.4 is 4.74 Å². The zero-order valence-electron chi connectivity index (χ0n) is 7.29. The maximum absolute atomic E-state index is 10.5. The average Bonchev–Trinajstić information content (AvgIpc) is 2.16. The first-order valence-electron chi connectivity index (χ1n) is 3.67. The van der Waals surface area contributed by atoms with Gasteiger partial charge in [0.2, 0.25) is 0 Å². The largest absolute Gasteiger partial charge is 0.496 e. The van der Waals surface area contributed by atoms with Crippen molar-refractivity contribution in [1.82, 2.24) is 0 Å². The lowest BCUT2D eigenvalue weighted by atomic mass is 10.2. The molecule has 1 aromatic rings. The van der Waals surface area contributed by atoms with E-state index in [0.29, 0.717) is 11.3 Å². The summed E-state index contributed by atoms with van der Waals surface area (Å²) in [6.07, 6.45) is 0. The molecular formula is C8H7Cl2NO3. The maximum Gasteiger partial charge on any atom is 0.274 e. The van der Waals surface area contributed by atoms with Crippen LogP contribution in [0.5, 0.6) is 5.75 Å². The lowest BCUT2D eigenvalue weighted by Gasteiger charge is -2.07. The average molecular weight is 236 g/mol. The Hall–Kier alpha value is -1.000. The number of benzene rings is 1. The number of methoxy groups -OCH3 is 1. The second kappa shape index (κ2) is 4.48. The first-order valence-corrected chi connectivity index (χ1v) is 4.58. The van der Waals surface area contributed by atoms with Crippen molar-refractivity contribution < 1.29 is 9.66 Å². The molecule has 1 aromatic carbocycles. The number of halogens is 2. The summed E-state index contributed by atoms with van der Waals surface area (Å²) in [6.45, 7) is 0. The fourth-order valence-corrected chi connectivity index (χ4v) is 1.63. The third-order valence-electron chi connectivity index (χ3n) is 1.70. The van der Waals surface area contributed by atoms with Crippen molar-refractivity contribution in [1.29, 1.82) is 0 Å². The van der Waals surface area contributed by atoms with Gasteiger partial charge in [0.25, 0.3) is 5.69 Å². The van der Waals surface area contributed by atoms with E-state index in [4.69, 9.17) is 27.9 Å². The van der Waals surface area contributed by atoms with Gasteiger partial charge in [-0.1, -0.05) is 11.6 Å². The molecule has 76 valence electrons. The van der Waals surface area contributed by atoms with Gasteiger partial charge in [0.15, 0.2) is 0 Å². The summed E-state index contributed by atoms with van der Waals surface area (Å²) in [5.41, 5.74) is 0.446. The minimum Gasteiger partial charge on any atom is -0.496 e. The fraction of sp³-hybridized carbons (Fsp3) is 0.250. The number of hydrogen-bond donors (Lipinski definition) is 0. The first-order chi connectivity index (χ1) is 6.60. The van der Waals surface area contributed by atoms with Crippen LogP contribution in [0.15, 0.2) is 12.1 Å². The van der Waals surface area contributed by atoms with E-state index in [1.54, 1.807) is 0 Å². The number of nitro benzene ring substituents is 1. The number of ether oxygens (including phenoxy) is 1. The topological polar surface area (TPSA) is 52.4 Å². The molecule has 0 aromatic heterocycles. The van der Waals surface area contributed by atoms with E-state index in [1.165, 1.54) is 19.2 Å². The van der Waals surface area contributed by atoms with Crippen LogP contribution in [0.4, 0.5) is 5.69 Å². The molecule has 0 aliphatic carbocycles. The molecular weight excluding hydrogens is 229 g/mol. The number of non-ortho nitro benzene ring substituents is 1. The minimum atomic E-state index is -0.535. The van der Waals surface area contributed by atoms with Crippen LogP contribution >= 0.6 is 23.2 Å². The third kappa shape index (κ3) is 2.08. The Balaban J connectivity index is 3.31. The Morgan fingerprint density at radius 2 is 2.21 bits per heavy atom. The summed E-state index contributed by atoms with van der Waals surface area (Å²) in [4.78, 5) is 9.94. The Labute approximate surface area is 90.5 Å². The van der Waals surface area contributed by atoms with Crippen molar-refractivity contribution >= 4 is 28.9 Å². The molecule has 0 radical (unpaired) electrons. The molecule has 4 nitrogen and oxygen atoms in total. The molecule has 0 atom stereocenters. The Bertz CT molecular complexity index is 368. The molecule has 0 aliphatic rings. The van der Waals surface area contributed by atoms with Gasteiger partial charge in [0.05, 0.1) is 29.0 Å². The van der Waals surface area contributed by atoms with Crippen LogP contribution in [0.1, 0.15) is 5.56 Å². The third-order valence-corrected chi connectivity index (χ3v) is 2.31. The molecule has 0 spiro atoms. The Morgan fingerprint density at radius 3 is 2.64 bits per heavy atom. The minimum absolute atomic E-state index is 0.110.